The Morgan fingerprint density at radius 2 is 1.60 bits per heavy atom. The van der Waals surface area contributed by atoms with E-state index in [0.29, 0.717) is 6.64 Å². The molecule has 0 atom stereocenters. The van der Waals surface area contributed by atoms with E-state index in [2.05, 4.69) is 20.0 Å². The van der Waals surface area contributed by atoms with Crippen LogP contribution in [0, 0.1) is 0 Å². The van der Waals surface area contributed by atoms with Crippen molar-refractivity contribution in [2.75, 3.05) is 26.6 Å². The summed E-state index contributed by atoms with van der Waals surface area (Å²) in [7, 11) is -0.730. The minimum absolute atomic E-state index is 0.632. The van der Waals surface area contributed by atoms with Crippen molar-refractivity contribution in [1.82, 2.24) is 0 Å². The van der Waals surface area contributed by atoms with Crippen molar-refractivity contribution in [3.05, 3.63) is 0 Å². The van der Waals surface area contributed by atoms with Crippen molar-refractivity contribution >= 4 is 7.26 Å². The number of hydrogen-bond donors (Lipinski definition) is 0. The lowest BCUT2D eigenvalue weighted by Crippen LogP contribution is -1.74. The minimum atomic E-state index is -0.730. The third-order valence-electron chi connectivity index (χ3n) is 0. The van der Waals surface area contributed by atoms with Crippen molar-refractivity contribution < 1.29 is 1.37 Å². The van der Waals surface area contributed by atoms with E-state index in [1.807, 2.05) is 0 Å². The van der Waals surface area contributed by atoms with E-state index in [1.165, 1.54) is 0 Å². The van der Waals surface area contributed by atoms with Crippen LogP contribution in [0.25, 0.3) is 0 Å². The van der Waals surface area contributed by atoms with E-state index in [0.717, 1.165) is 0 Å². The van der Waals surface area contributed by atoms with Gasteiger partial charge in [0.2, 0.25) is 0 Å². The van der Waals surface area contributed by atoms with Crippen molar-refractivity contribution in [2.45, 2.75) is 0 Å². The third kappa shape index (κ3) is 141. The Morgan fingerprint density at radius 1 is 1.40 bits per heavy atom. The average Bonchev–Trinajstić information content (AvgIpc) is 1.35. The summed E-state index contributed by atoms with van der Waals surface area (Å²) in [5.74, 6) is 0. The minimum Gasteiger partial charge on any atom is 0.00222 e. The fourth-order valence-electron chi connectivity index (χ4n) is 0. The van der Waals surface area contributed by atoms with Crippen LogP contribution in [-0.4, -0.2) is 26.6 Å². The Bertz CT molecular complexity index is 37.3. The summed E-state index contributed by atoms with van der Waals surface area (Å²) in [6, 6.07) is 0. The zero-order valence-corrected chi connectivity index (χ0v) is 5.05. The second kappa shape index (κ2) is 1.26. The lowest BCUT2D eigenvalue weighted by atomic mass is 11.8. The van der Waals surface area contributed by atoms with Gasteiger partial charge in [0, 0.05) is 33.9 Å². The van der Waals surface area contributed by atoms with Crippen LogP contribution in [0.4, 0.5) is 0 Å². The molecule has 0 saturated carbocycles. The molecule has 0 N–H and O–H groups in total. The molecule has 32 valence electrons. The van der Waals surface area contributed by atoms with Crippen molar-refractivity contribution in [3.8, 4) is 0 Å². The van der Waals surface area contributed by atoms with Gasteiger partial charge in [0.1, 0.15) is 0 Å². The first-order chi connectivity index (χ1) is 2.56. The number of rotatable bonds is 0. The fourth-order valence-corrected chi connectivity index (χ4v) is 0. The van der Waals surface area contributed by atoms with Gasteiger partial charge in [-0.1, -0.05) is 0 Å². The van der Waals surface area contributed by atoms with Gasteiger partial charge in [0.15, 0.2) is 0 Å². The molecule has 0 aromatic heterocycles. The van der Waals surface area contributed by atoms with Gasteiger partial charge in [0.05, 0.1) is 1.37 Å². The first-order valence-corrected chi connectivity index (χ1v) is 4.97. The smallest absolute Gasteiger partial charge is 0.00222 e. The van der Waals surface area contributed by atoms with Crippen LogP contribution in [0.5, 0.6) is 0 Å². The summed E-state index contributed by atoms with van der Waals surface area (Å²) < 4.78 is 6.90. The maximum atomic E-state index is 6.90. The molecule has 0 amide bonds. The first-order valence-electron chi connectivity index (χ1n) is 2.36. The predicted octanol–water partition coefficient (Wildman–Crippen LogP) is 1.52. The topological polar surface area (TPSA) is 0 Å². The van der Waals surface area contributed by atoms with Crippen LogP contribution in [0.2, 0.25) is 0 Å². The molecule has 1 heteroatoms. The standard InChI is InChI=1S/C4H12P/c1-5(2,3)4/h1-4H3/q+1/i1D. The monoisotopic (exact) mass is 92.1 g/mol. The van der Waals surface area contributed by atoms with E-state index in [1.54, 1.807) is 0 Å². The maximum Gasteiger partial charge on any atom is 0.0671 e. The fraction of sp³-hybridized carbons (Fsp3) is 1.00. The van der Waals surface area contributed by atoms with Gasteiger partial charge in [-0.25, -0.2) is 0 Å². The molecule has 0 radical (unpaired) electrons. The van der Waals surface area contributed by atoms with E-state index in [-0.39, 0.29) is 0 Å². The molecule has 0 unspecified atom stereocenters. The SMILES string of the molecule is [2H]C[P+](C)(C)C. The Hall–Kier alpha value is 0.430. The van der Waals surface area contributed by atoms with Gasteiger partial charge in [-0.05, 0) is 0 Å². The quantitative estimate of drug-likeness (QED) is 0.397. The molecular weight excluding hydrogens is 79.0 g/mol. The second-order valence-corrected chi connectivity index (χ2v) is 6.87. The molecule has 0 fully saturated rings. The van der Waals surface area contributed by atoms with E-state index in [9.17, 15) is 0 Å². The van der Waals surface area contributed by atoms with Gasteiger partial charge in [-0.3, -0.25) is 0 Å². The molecule has 0 aliphatic rings. The molecular formula is C4H12P+. The van der Waals surface area contributed by atoms with Gasteiger partial charge in [-0.2, -0.15) is 0 Å². The Labute approximate surface area is 36.3 Å². The van der Waals surface area contributed by atoms with Crippen LogP contribution >= 0.6 is 7.26 Å². The van der Waals surface area contributed by atoms with Gasteiger partial charge >= 0.3 is 0 Å². The van der Waals surface area contributed by atoms with Crippen LogP contribution in [0.15, 0.2) is 0 Å². The largest absolute Gasteiger partial charge is 0.0671 e. The first kappa shape index (κ1) is 3.61. The van der Waals surface area contributed by atoms with Crippen molar-refractivity contribution in [3.63, 3.8) is 0 Å². The summed E-state index contributed by atoms with van der Waals surface area (Å²) in [6.45, 7) is 7.13. The predicted molar refractivity (Wildman–Crippen MR) is 30.6 cm³/mol. The average molecular weight is 92.1 g/mol. The van der Waals surface area contributed by atoms with Gasteiger partial charge in [-0.15, -0.1) is 0 Å². The Balaban J connectivity index is 3.17. The highest BCUT2D eigenvalue weighted by molar-refractivity contribution is 7.72. The van der Waals surface area contributed by atoms with E-state index in [4.69, 9.17) is 1.37 Å². The molecule has 0 spiro atoms. The molecule has 0 heterocycles. The van der Waals surface area contributed by atoms with Crippen LogP contribution < -0.4 is 0 Å². The molecule has 5 heavy (non-hydrogen) atoms. The van der Waals surface area contributed by atoms with Gasteiger partial charge < -0.3 is 0 Å². The molecule has 0 aromatic carbocycles. The number of hydrogen-bond acceptors (Lipinski definition) is 0. The molecule has 0 aromatic rings. The Morgan fingerprint density at radius 3 is 1.60 bits per heavy atom. The lowest BCUT2D eigenvalue weighted by molar-refractivity contribution is 1.95. The summed E-state index contributed by atoms with van der Waals surface area (Å²) >= 11 is 0. The Kier molecular flexibility index (Phi) is 0.911. The lowest BCUT2D eigenvalue weighted by Gasteiger charge is -1.97. The van der Waals surface area contributed by atoms with E-state index >= 15 is 0 Å². The molecule has 0 rings (SSSR count). The zero-order chi connectivity index (χ0) is 5.21. The molecule has 0 nitrogen and oxygen atoms in total. The van der Waals surface area contributed by atoms with E-state index < -0.39 is 7.26 Å². The molecule has 0 aliphatic heterocycles. The third-order valence-corrected chi connectivity index (χ3v) is 0. The molecule has 0 saturated heterocycles. The second-order valence-electron chi connectivity index (χ2n) is 2.29. The zero-order valence-electron chi connectivity index (χ0n) is 5.15. The highest BCUT2D eigenvalue weighted by atomic mass is 31.2. The van der Waals surface area contributed by atoms with Crippen molar-refractivity contribution in [2.24, 2.45) is 0 Å². The summed E-state index contributed by atoms with van der Waals surface area (Å²) in [6.07, 6.45) is 0. The normalized spacial score (nSPS) is 14.6. The summed E-state index contributed by atoms with van der Waals surface area (Å²) in [5.41, 5.74) is 0. The van der Waals surface area contributed by atoms with Crippen LogP contribution in [0.1, 0.15) is 1.37 Å². The summed E-state index contributed by atoms with van der Waals surface area (Å²) in [5, 5.41) is 0. The van der Waals surface area contributed by atoms with Crippen LogP contribution in [0.3, 0.4) is 0 Å². The molecule has 0 bridgehead atoms. The van der Waals surface area contributed by atoms with Crippen molar-refractivity contribution in [1.29, 1.82) is 0 Å². The highest BCUT2D eigenvalue weighted by Crippen LogP contribution is 2.40. The van der Waals surface area contributed by atoms with Gasteiger partial charge in [0.25, 0.3) is 0 Å². The summed E-state index contributed by atoms with van der Waals surface area (Å²) in [4.78, 5) is 0. The maximum absolute atomic E-state index is 6.90. The molecule has 0 aliphatic carbocycles. The highest BCUT2D eigenvalue weighted by Gasteiger charge is 2.03. The van der Waals surface area contributed by atoms with Crippen LogP contribution in [-0.2, 0) is 0 Å².